The third-order valence-corrected chi connectivity index (χ3v) is 3.11. The molecule has 1 fully saturated rings. The largest absolute Gasteiger partial charge is 0.465 e. The first-order valence-electron chi connectivity index (χ1n) is 6.72. The quantitative estimate of drug-likeness (QED) is 0.735. The van der Waals surface area contributed by atoms with Gasteiger partial charge in [-0.15, -0.1) is 0 Å². The van der Waals surface area contributed by atoms with E-state index in [0.717, 1.165) is 25.7 Å². The van der Waals surface area contributed by atoms with Gasteiger partial charge in [0, 0.05) is 12.6 Å². The maximum Gasteiger partial charge on any atom is 0.407 e. The number of ether oxygens (including phenoxy) is 1. The number of nitrogens with one attached hydrogen (secondary N) is 2. The van der Waals surface area contributed by atoms with Crippen LogP contribution in [-0.4, -0.2) is 35.5 Å². The highest BCUT2D eigenvalue weighted by molar-refractivity contribution is 5.68. The third kappa shape index (κ3) is 6.88. The SMILES string of the molecule is CC(C)(C)OC(=O)N[C@H]1CC[C@@H](CNC(=O)O)CC1. The second-order valence-electron chi connectivity index (χ2n) is 6.05. The predicted octanol–water partition coefficient (Wildman–Crippen LogP) is 2.34. The Morgan fingerprint density at radius 2 is 1.79 bits per heavy atom. The second kappa shape index (κ2) is 6.63. The van der Waals surface area contributed by atoms with E-state index in [-0.39, 0.29) is 12.1 Å². The first-order valence-corrected chi connectivity index (χ1v) is 6.72. The van der Waals surface area contributed by atoms with E-state index in [2.05, 4.69) is 10.6 Å². The van der Waals surface area contributed by atoms with Gasteiger partial charge in [-0.3, -0.25) is 0 Å². The first kappa shape index (κ1) is 15.6. The van der Waals surface area contributed by atoms with Crippen molar-refractivity contribution in [2.75, 3.05) is 6.54 Å². The molecule has 0 saturated heterocycles. The fourth-order valence-corrected chi connectivity index (χ4v) is 2.22. The van der Waals surface area contributed by atoms with E-state index in [0.29, 0.717) is 12.5 Å². The second-order valence-corrected chi connectivity index (χ2v) is 6.05. The van der Waals surface area contributed by atoms with Gasteiger partial charge in [-0.1, -0.05) is 0 Å². The summed E-state index contributed by atoms with van der Waals surface area (Å²) in [4.78, 5) is 22.0. The van der Waals surface area contributed by atoms with E-state index in [9.17, 15) is 9.59 Å². The lowest BCUT2D eigenvalue weighted by atomic mass is 9.86. The minimum absolute atomic E-state index is 0.135. The van der Waals surface area contributed by atoms with Crippen molar-refractivity contribution >= 4 is 12.2 Å². The molecule has 2 amide bonds. The van der Waals surface area contributed by atoms with Crippen molar-refractivity contribution in [1.82, 2.24) is 10.6 Å². The average Bonchev–Trinajstić information content (AvgIpc) is 2.25. The van der Waals surface area contributed by atoms with Crippen molar-refractivity contribution < 1.29 is 19.4 Å². The van der Waals surface area contributed by atoms with E-state index < -0.39 is 11.7 Å². The highest BCUT2D eigenvalue weighted by Crippen LogP contribution is 2.24. The number of carbonyl (C=O) groups excluding carboxylic acids is 1. The van der Waals surface area contributed by atoms with Gasteiger partial charge in [-0.2, -0.15) is 0 Å². The van der Waals surface area contributed by atoms with Crippen LogP contribution in [0.25, 0.3) is 0 Å². The van der Waals surface area contributed by atoms with Gasteiger partial charge in [0.05, 0.1) is 0 Å². The molecule has 1 aliphatic rings. The summed E-state index contributed by atoms with van der Waals surface area (Å²) in [6.45, 7) is 6.00. The highest BCUT2D eigenvalue weighted by Gasteiger charge is 2.24. The molecule has 1 rings (SSSR count). The highest BCUT2D eigenvalue weighted by atomic mass is 16.6. The van der Waals surface area contributed by atoms with Crippen LogP contribution >= 0.6 is 0 Å². The minimum Gasteiger partial charge on any atom is -0.465 e. The van der Waals surface area contributed by atoms with Gasteiger partial charge < -0.3 is 20.5 Å². The molecular formula is C13H24N2O4. The summed E-state index contributed by atoms with van der Waals surface area (Å²) >= 11 is 0. The van der Waals surface area contributed by atoms with E-state index in [1.165, 1.54) is 0 Å². The topological polar surface area (TPSA) is 87.7 Å². The molecule has 0 bridgehead atoms. The van der Waals surface area contributed by atoms with Crippen LogP contribution in [0.3, 0.4) is 0 Å². The van der Waals surface area contributed by atoms with Crippen LogP contribution in [0, 0.1) is 5.92 Å². The van der Waals surface area contributed by atoms with Crippen molar-refractivity contribution in [2.45, 2.75) is 58.1 Å². The Morgan fingerprint density at radius 1 is 1.21 bits per heavy atom. The summed E-state index contributed by atoms with van der Waals surface area (Å²) in [5.41, 5.74) is -0.479. The Hall–Kier alpha value is -1.46. The molecule has 3 N–H and O–H groups in total. The molecule has 0 heterocycles. The number of rotatable bonds is 3. The number of hydrogen-bond acceptors (Lipinski definition) is 3. The van der Waals surface area contributed by atoms with Gasteiger partial charge in [-0.05, 0) is 52.4 Å². The molecule has 110 valence electrons. The van der Waals surface area contributed by atoms with Crippen molar-refractivity contribution in [3.63, 3.8) is 0 Å². The van der Waals surface area contributed by atoms with Gasteiger partial charge in [0.15, 0.2) is 0 Å². The molecular weight excluding hydrogens is 248 g/mol. The summed E-state index contributed by atoms with van der Waals surface area (Å²) in [5, 5.41) is 13.8. The van der Waals surface area contributed by atoms with Crippen LogP contribution in [0.4, 0.5) is 9.59 Å². The molecule has 0 aromatic carbocycles. The normalized spacial score (nSPS) is 23.5. The molecule has 0 spiro atoms. The summed E-state index contributed by atoms with van der Waals surface area (Å²) in [6.07, 6.45) is 2.21. The van der Waals surface area contributed by atoms with Crippen molar-refractivity contribution in [3.8, 4) is 0 Å². The van der Waals surface area contributed by atoms with Gasteiger partial charge >= 0.3 is 12.2 Å². The zero-order valence-corrected chi connectivity index (χ0v) is 11.9. The molecule has 0 aliphatic heterocycles. The van der Waals surface area contributed by atoms with E-state index in [1.807, 2.05) is 20.8 Å². The minimum atomic E-state index is -0.978. The van der Waals surface area contributed by atoms with Crippen molar-refractivity contribution in [2.24, 2.45) is 5.92 Å². The molecule has 0 radical (unpaired) electrons. The third-order valence-electron chi connectivity index (χ3n) is 3.11. The fourth-order valence-electron chi connectivity index (χ4n) is 2.22. The Balaban J connectivity index is 2.23. The number of amides is 2. The summed E-state index contributed by atoms with van der Waals surface area (Å²) < 4.78 is 5.21. The maximum atomic E-state index is 11.6. The van der Waals surface area contributed by atoms with E-state index in [4.69, 9.17) is 9.84 Å². The Kier molecular flexibility index (Phi) is 5.44. The lowest BCUT2D eigenvalue weighted by Crippen LogP contribution is -2.42. The van der Waals surface area contributed by atoms with Crippen LogP contribution in [0.5, 0.6) is 0 Å². The predicted molar refractivity (Wildman–Crippen MR) is 71.1 cm³/mol. The summed E-state index contributed by atoms with van der Waals surface area (Å²) in [7, 11) is 0. The number of carboxylic acid groups (broad SMARTS) is 1. The van der Waals surface area contributed by atoms with Crippen LogP contribution in [0.2, 0.25) is 0 Å². The lowest BCUT2D eigenvalue weighted by molar-refractivity contribution is 0.0487. The molecule has 0 aromatic heterocycles. The van der Waals surface area contributed by atoms with Crippen molar-refractivity contribution in [1.29, 1.82) is 0 Å². The van der Waals surface area contributed by atoms with Gasteiger partial charge in [0.25, 0.3) is 0 Å². The van der Waals surface area contributed by atoms with Gasteiger partial charge in [0.2, 0.25) is 0 Å². The molecule has 0 atom stereocenters. The summed E-state index contributed by atoms with van der Waals surface area (Å²) in [5.74, 6) is 0.368. The molecule has 0 aromatic rings. The molecule has 6 heteroatoms. The molecule has 1 saturated carbocycles. The van der Waals surface area contributed by atoms with Crippen molar-refractivity contribution in [3.05, 3.63) is 0 Å². The standard InChI is InChI=1S/C13H24N2O4/c1-13(2,3)19-12(18)15-10-6-4-9(5-7-10)8-14-11(16)17/h9-10,14H,4-8H2,1-3H3,(H,15,18)(H,16,17)/t9-,10+. The monoisotopic (exact) mass is 272 g/mol. The fraction of sp³-hybridized carbons (Fsp3) is 0.846. The van der Waals surface area contributed by atoms with Gasteiger partial charge in [0.1, 0.15) is 5.60 Å². The zero-order valence-electron chi connectivity index (χ0n) is 11.9. The Bertz CT molecular complexity index is 317. The zero-order chi connectivity index (χ0) is 14.5. The molecule has 1 aliphatic carbocycles. The molecule has 0 unspecified atom stereocenters. The van der Waals surface area contributed by atoms with Crippen LogP contribution < -0.4 is 10.6 Å². The molecule has 6 nitrogen and oxygen atoms in total. The summed E-state index contributed by atoms with van der Waals surface area (Å²) in [6, 6.07) is 0.135. The number of hydrogen-bond donors (Lipinski definition) is 3. The van der Waals surface area contributed by atoms with Crippen LogP contribution in [0.1, 0.15) is 46.5 Å². The van der Waals surface area contributed by atoms with Crippen LogP contribution in [0.15, 0.2) is 0 Å². The maximum absolute atomic E-state index is 11.6. The van der Waals surface area contributed by atoms with E-state index in [1.54, 1.807) is 0 Å². The molecule has 19 heavy (non-hydrogen) atoms. The number of alkyl carbamates (subject to hydrolysis) is 1. The average molecular weight is 272 g/mol. The first-order chi connectivity index (χ1) is 8.76. The number of carbonyl (C=O) groups is 2. The lowest BCUT2D eigenvalue weighted by Gasteiger charge is -2.29. The van der Waals surface area contributed by atoms with E-state index >= 15 is 0 Å². The van der Waals surface area contributed by atoms with Crippen LogP contribution in [-0.2, 0) is 4.74 Å². The Morgan fingerprint density at radius 3 is 2.26 bits per heavy atom. The smallest absolute Gasteiger partial charge is 0.407 e. The Labute approximate surface area is 113 Å². The van der Waals surface area contributed by atoms with Gasteiger partial charge in [-0.25, -0.2) is 9.59 Å².